The second-order valence-corrected chi connectivity index (χ2v) is 10.0. The standard InChI is InChI=1S/C17H25N3O3.C11H12N2O2.2C2H2O4/c1-14(2)19-11-15(21)12-23-17-5-3-16(4-6-17)22-10-9-20-8-7-18-13-20;14-10-1-3-11(4-2-10)15-8-7-13-6-5-12-9-13;2*3-1(4)2(5)6/h3-8,13-15,19,21H,9-12H2,1-2H3;1-6,9,14H,7-8H2;2*(H,3,4)(H,5,6). The molecule has 7 N–H and O–H groups in total. The molecule has 0 aliphatic heterocycles. The molecular weight excluding hydrogens is 662 g/mol. The van der Waals surface area contributed by atoms with Gasteiger partial charge in [0.1, 0.15) is 48.9 Å². The van der Waals surface area contributed by atoms with Crippen LogP contribution in [-0.2, 0) is 32.3 Å². The molecule has 0 saturated carbocycles. The molecule has 18 nitrogen and oxygen atoms in total. The summed E-state index contributed by atoms with van der Waals surface area (Å²) in [5, 5.41) is 51.6. The van der Waals surface area contributed by atoms with Crippen LogP contribution in [0.25, 0.3) is 0 Å². The quantitative estimate of drug-likeness (QED) is 0.0921. The molecule has 0 bridgehead atoms. The second kappa shape index (κ2) is 24.1. The summed E-state index contributed by atoms with van der Waals surface area (Å²) < 4.78 is 20.6. The Labute approximate surface area is 286 Å². The van der Waals surface area contributed by atoms with E-state index in [9.17, 15) is 5.11 Å². The third-order valence-corrected chi connectivity index (χ3v) is 5.59. The molecule has 1 unspecified atom stereocenters. The lowest BCUT2D eigenvalue weighted by Gasteiger charge is -2.15. The number of benzene rings is 2. The van der Waals surface area contributed by atoms with Gasteiger partial charge in [-0.25, -0.2) is 29.1 Å². The van der Waals surface area contributed by atoms with Gasteiger partial charge in [-0.2, -0.15) is 0 Å². The first-order valence-electron chi connectivity index (χ1n) is 14.8. The maximum absolute atomic E-state index is 9.80. The molecule has 50 heavy (non-hydrogen) atoms. The highest BCUT2D eigenvalue weighted by Gasteiger charge is 2.07. The Morgan fingerprint density at radius 1 is 0.680 bits per heavy atom. The number of carbonyl (C=O) groups is 4. The van der Waals surface area contributed by atoms with Crippen LogP contribution in [0.15, 0.2) is 86.0 Å². The van der Waals surface area contributed by atoms with Crippen molar-refractivity contribution in [3.05, 3.63) is 86.0 Å². The number of imidazole rings is 2. The van der Waals surface area contributed by atoms with Crippen LogP contribution < -0.4 is 19.5 Å². The van der Waals surface area contributed by atoms with Gasteiger partial charge in [-0.3, -0.25) is 0 Å². The van der Waals surface area contributed by atoms with Crippen LogP contribution in [0.5, 0.6) is 23.0 Å². The molecule has 0 spiro atoms. The Morgan fingerprint density at radius 2 is 1.06 bits per heavy atom. The number of hydrogen-bond acceptors (Lipinski definition) is 12. The average Bonchev–Trinajstić information content (AvgIpc) is 3.80. The largest absolute Gasteiger partial charge is 0.508 e. The van der Waals surface area contributed by atoms with E-state index in [0.29, 0.717) is 25.8 Å². The highest BCUT2D eigenvalue weighted by Crippen LogP contribution is 2.18. The van der Waals surface area contributed by atoms with Gasteiger partial charge in [0.15, 0.2) is 0 Å². The summed E-state index contributed by atoms with van der Waals surface area (Å²) in [4.78, 5) is 44.3. The van der Waals surface area contributed by atoms with Crippen molar-refractivity contribution in [2.75, 3.05) is 26.4 Å². The lowest BCUT2D eigenvalue weighted by molar-refractivity contribution is -0.159. The van der Waals surface area contributed by atoms with E-state index >= 15 is 0 Å². The van der Waals surface area contributed by atoms with Crippen molar-refractivity contribution in [3.8, 4) is 23.0 Å². The highest BCUT2D eigenvalue weighted by atomic mass is 16.5. The first-order valence-corrected chi connectivity index (χ1v) is 14.8. The summed E-state index contributed by atoms with van der Waals surface area (Å²) in [7, 11) is 0. The first kappa shape index (κ1) is 41.9. The number of rotatable bonds is 14. The maximum atomic E-state index is 9.80. The molecule has 4 rings (SSSR count). The van der Waals surface area contributed by atoms with Gasteiger partial charge in [0.05, 0.1) is 25.7 Å². The van der Waals surface area contributed by atoms with Gasteiger partial charge >= 0.3 is 23.9 Å². The van der Waals surface area contributed by atoms with Gasteiger partial charge < -0.3 is 59.3 Å². The Balaban J connectivity index is 0.000000393. The zero-order chi connectivity index (χ0) is 37.3. The molecular formula is C32H41N5O13. The molecule has 2 aromatic carbocycles. The number of nitrogens with one attached hydrogen (secondary N) is 1. The summed E-state index contributed by atoms with van der Waals surface area (Å²) >= 11 is 0. The van der Waals surface area contributed by atoms with E-state index in [0.717, 1.165) is 30.3 Å². The fraction of sp³-hybridized carbons (Fsp3) is 0.312. The minimum atomic E-state index is -1.82. The van der Waals surface area contributed by atoms with Gasteiger partial charge in [-0.1, -0.05) is 13.8 Å². The van der Waals surface area contributed by atoms with E-state index in [4.69, 9.17) is 58.9 Å². The Kier molecular flexibility index (Phi) is 20.2. The summed E-state index contributed by atoms with van der Waals surface area (Å²) in [5.41, 5.74) is 0. The fourth-order valence-corrected chi connectivity index (χ4v) is 3.17. The summed E-state index contributed by atoms with van der Waals surface area (Å²) in [5.74, 6) is -4.78. The highest BCUT2D eigenvalue weighted by molar-refractivity contribution is 6.27. The lowest BCUT2D eigenvalue weighted by atomic mass is 10.3. The van der Waals surface area contributed by atoms with Crippen LogP contribution in [-0.4, -0.2) is 112 Å². The van der Waals surface area contributed by atoms with Crippen LogP contribution in [0, 0.1) is 0 Å². The number of aromatic nitrogens is 4. The number of phenolic OH excluding ortho intramolecular Hbond substituents is 1. The smallest absolute Gasteiger partial charge is 0.414 e. The number of carboxylic acid groups (broad SMARTS) is 4. The molecule has 272 valence electrons. The molecule has 2 aromatic heterocycles. The number of aliphatic hydroxyl groups is 1. The van der Waals surface area contributed by atoms with E-state index in [1.165, 1.54) is 0 Å². The zero-order valence-electron chi connectivity index (χ0n) is 27.3. The van der Waals surface area contributed by atoms with Crippen LogP contribution in [0.2, 0.25) is 0 Å². The number of aliphatic hydroxyl groups excluding tert-OH is 1. The number of carboxylic acids is 4. The Morgan fingerprint density at radius 3 is 1.40 bits per heavy atom. The number of ether oxygens (including phenoxy) is 3. The molecule has 0 radical (unpaired) electrons. The Bertz CT molecular complexity index is 1470. The second-order valence-electron chi connectivity index (χ2n) is 10.0. The predicted octanol–water partition coefficient (Wildman–Crippen LogP) is 1.68. The molecule has 0 fully saturated rings. The van der Waals surface area contributed by atoms with E-state index in [1.807, 2.05) is 59.6 Å². The van der Waals surface area contributed by atoms with Crippen molar-refractivity contribution in [1.29, 1.82) is 0 Å². The number of aliphatic carboxylic acids is 4. The van der Waals surface area contributed by atoms with Crippen molar-refractivity contribution < 1.29 is 64.0 Å². The molecule has 0 aliphatic carbocycles. The van der Waals surface area contributed by atoms with Crippen molar-refractivity contribution in [2.24, 2.45) is 0 Å². The summed E-state index contributed by atoms with van der Waals surface area (Å²) in [6, 6.07) is 14.4. The van der Waals surface area contributed by atoms with Crippen LogP contribution in [0.3, 0.4) is 0 Å². The number of hydrogen-bond donors (Lipinski definition) is 7. The third kappa shape index (κ3) is 20.9. The molecule has 0 saturated heterocycles. The van der Waals surface area contributed by atoms with Gasteiger partial charge in [-0.05, 0) is 48.5 Å². The van der Waals surface area contributed by atoms with Gasteiger partial charge in [-0.15, -0.1) is 0 Å². The molecule has 18 heteroatoms. The van der Waals surface area contributed by atoms with E-state index in [-0.39, 0.29) is 12.4 Å². The van der Waals surface area contributed by atoms with Crippen LogP contribution in [0.1, 0.15) is 13.8 Å². The first-order chi connectivity index (χ1) is 23.8. The van der Waals surface area contributed by atoms with E-state index in [2.05, 4.69) is 15.3 Å². The monoisotopic (exact) mass is 703 g/mol. The van der Waals surface area contributed by atoms with Gasteiger partial charge in [0, 0.05) is 37.4 Å². The molecule has 4 aromatic rings. The van der Waals surface area contributed by atoms with E-state index in [1.54, 1.807) is 49.3 Å². The van der Waals surface area contributed by atoms with Crippen LogP contribution in [0.4, 0.5) is 0 Å². The average molecular weight is 704 g/mol. The van der Waals surface area contributed by atoms with Gasteiger partial charge in [0.25, 0.3) is 0 Å². The van der Waals surface area contributed by atoms with E-state index < -0.39 is 30.0 Å². The number of nitrogens with zero attached hydrogens (tertiary/aromatic N) is 4. The normalized spacial score (nSPS) is 10.5. The zero-order valence-corrected chi connectivity index (χ0v) is 27.3. The van der Waals surface area contributed by atoms with Crippen LogP contribution >= 0.6 is 0 Å². The number of aromatic hydroxyl groups is 1. The SMILES string of the molecule is CC(C)NCC(O)COc1ccc(OCCn2ccnc2)cc1.O=C(O)C(=O)O.O=C(O)C(=O)O.Oc1ccc(OCCn2ccnc2)cc1. The lowest BCUT2D eigenvalue weighted by Crippen LogP contribution is -2.35. The predicted molar refractivity (Wildman–Crippen MR) is 175 cm³/mol. The van der Waals surface area contributed by atoms with Crippen molar-refractivity contribution in [2.45, 2.75) is 39.1 Å². The molecule has 0 amide bonds. The summed E-state index contributed by atoms with van der Waals surface area (Å²) in [6.07, 6.45) is 10.3. The third-order valence-electron chi connectivity index (χ3n) is 5.59. The molecule has 0 aliphatic rings. The molecule has 2 heterocycles. The summed E-state index contributed by atoms with van der Waals surface area (Å²) in [6.45, 7) is 7.55. The van der Waals surface area contributed by atoms with Gasteiger partial charge in [0.2, 0.25) is 0 Å². The van der Waals surface area contributed by atoms with Crippen molar-refractivity contribution in [3.63, 3.8) is 0 Å². The molecule has 1 atom stereocenters. The minimum absolute atomic E-state index is 0.247. The fourth-order valence-electron chi connectivity index (χ4n) is 3.17. The minimum Gasteiger partial charge on any atom is -0.508 e. The van der Waals surface area contributed by atoms with Crippen molar-refractivity contribution >= 4 is 23.9 Å². The van der Waals surface area contributed by atoms with Crippen molar-refractivity contribution in [1.82, 2.24) is 24.4 Å². The topological polar surface area (TPSA) is 265 Å². The number of phenols is 1. The maximum Gasteiger partial charge on any atom is 0.414 e. The Hall–Kier alpha value is -6.14.